The SMILES string of the molecule is C=C(CC(=O)SCCNC(=O)CCNC(=O)C(O)C(C)(C)COP(=O)(O)OP(=O)(O)OCC1OC(n2cnc3c(N)ncnc32)C(O)C1OP(=O)(O)O)C(C)C. The Hall–Kier alpha value is -2.70. The molecular weight excluding hydrogens is 831 g/mol. The van der Waals surface area contributed by atoms with Gasteiger partial charge in [-0.05, 0) is 5.92 Å². The van der Waals surface area contributed by atoms with E-state index in [9.17, 15) is 57.9 Å². The average Bonchev–Trinajstić information content (AvgIpc) is 3.64. The number of aromatic nitrogens is 4. The van der Waals surface area contributed by atoms with Crippen molar-refractivity contribution in [1.29, 1.82) is 0 Å². The number of rotatable bonds is 22. The number of thioether (sulfide) groups is 1. The quantitative estimate of drug-likeness (QED) is 0.0435. The van der Waals surface area contributed by atoms with Crippen LogP contribution in [-0.4, -0.2) is 123 Å². The zero-order valence-corrected chi connectivity index (χ0v) is 34.1. The lowest BCUT2D eigenvalue weighted by atomic mass is 9.87. The molecule has 24 nitrogen and oxygen atoms in total. The molecule has 3 rings (SSSR count). The molecule has 0 aromatic carbocycles. The number of carbonyl (C=O) groups is 3. The highest BCUT2D eigenvalue weighted by atomic mass is 32.2. The molecule has 0 bridgehead atoms. The Morgan fingerprint density at radius 3 is 2.38 bits per heavy atom. The highest BCUT2D eigenvalue weighted by Crippen LogP contribution is 2.61. The van der Waals surface area contributed by atoms with Crippen LogP contribution < -0.4 is 16.4 Å². The maximum atomic E-state index is 12.7. The Morgan fingerprint density at radius 1 is 1.07 bits per heavy atom. The van der Waals surface area contributed by atoms with E-state index in [0.29, 0.717) is 5.75 Å². The Morgan fingerprint density at radius 2 is 1.73 bits per heavy atom. The van der Waals surface area contributed by atoms with Gasteiger partial charge in [0.2, 0.25) is 11.8 Å². The summed E-state index contributed by atoms with van der Waals surface area (Å²) >= 11 is 1.06. The minimum Gasteiger partial charge on any atom is -0.386 e. The van der Waals surface area contributed by atoms with Crippen molar-refractivity contribution in [2.24, 2.45) is 11.3 Å². The third kappa shape index (κ3) is 14.3. The summed E-state index contributed by atoms with van der Waals surface area (Å²) in [6.45, 7) is 8.18. The van der Waals surface area contributed by atoms with Crippen molar-refractivity contribution < 1.29 is 80.5 Å². The van der Waals surface area contributed by atoms with Crippen molar-refractivity contribution in [3.8, 4) is 0 Å². The summed E-state index contributed by atoms with van der Waals surface area (Å²) in [5.41, 5.74) is 5.06. The van der Waals surface area contributed by atoms with E-state index < -0.39 is 84.6 Å². The number of phosphoric ester groups is 3. The van der Waals surface area contributed by atoms with Gasteiger partial charge in [0.05, 0.1) is 19.5 Å². The number of imidazole rings is 1. The number of ether oxygens (including phenoxy) is 1. The molecule has 316 valence electrons. The predicted molar refractivity (Wildman–Crippen MR) is 196 cm³/mol. The first-order valence-corrected chi connectivity index (χ1v) is 22.1. The van der Waals surface area contributed by atoms with Gasteiger partial charge in [-0.1, -0.05) is 51.6 Å². The largest absolute Gasteiger partial charge is 0.481 e. The topological polar surface area (TPSA) is 364 Å². The van der Waals surface area contributed by atoms with Crippen LogP contribution >= 0.6 is 35.2 Å². The van der Waals surface area contributed by atoms with Crippen molar-refractivity contribution in [1.82, 2.24) is 30.2 Å². The van der Waals surface area contributed by atoms with Crippen LogP contribution in [0.25, 0.3) is 11.2 Å². The van der Waals surface area contributed by atoms with Gasteiger partial charge in [0, 0.05) is 37.1 Å². The second kappa shape index (κ2) is 19.8. The third-order valence-electron chi connectivity index (χ3n) is 7.95. The van der Waals surface area contributed by atoms with E-state index in [1.54, 1.807) is 0 Å². The summed E-state index contributed by atoms with van der Waals surface area (Å²) in [4.78, 5) is 87.5. The molecule has 0 radical (unpaired) electrons. The molecule has 56 heavy (non-hydrogen) atoms. The molecule has 0 aliphatic carbocycles. The maximum Gasteiger partial charge on any atom is 0.481 e. The van der Waals surface area contributed by atoms with Gasteiger partial charge in [-0.2, -0.15) is 4.31 Å². The van der Waals surface area contributed by atoms with Crippen molar-refractivity contribution in [2.45, 2.75) is 71.2 Å². The predicted octanol–water partition coefficient (Wildman–Crippen LogP) is 0.267. The minimum atomic E-state index is -5.57. The molecule has 1 aliphatic rings. The number of allylic oxidation sites excluding steroid dienone is 1. The Balaban J connectivity index is 1.48. The second-order valence-electron chi connectivity index (χ2n) is 13.3. The zero-order chi connectivity index (χ0) is 42.2. The van der Waals surface area contributed by atoms with Crippen molar-refractivity contribution in [2.75, 3.05) is 37.8 Å². The standard InChI is InChI=1S/C28H46N7O17P3S/c1-15(2)16(3)10-19(37)56-9-8-30-18(36)6-7-31-26(40)23(39)28(4,5)12-49-55(46,47)52-54(44,45)48-11-17-22(51-53(41,42)43)21(38)27(50-17)35-14-34-20-24(29)32-13-33-25(20)35/h13-15,17,21-23,27,38-39H,3,6-12H2,1-2,4-5H3,(H,30,36)(H,31,40)(H,44,45)(H,46,47)(H2,29,32,33)(H2,41,42,43). The number of hydrogen-bond donors (Lipinski definition) is 9. The summed E-state index contributed by atoms with van der Waals surface area (Å²) in [7, 11) is -16.4. The van der Waals surface area contributed by atoms with Crippen LogP contribution in [0.2, 0.25) is 0 Å². The van der Waals surface area contributed by atoms with E-state index in [4.69, 9.17) is 19.5 Å². The van der Waals surface area contributed by atoms with Gasteiger partial charge in [0.15, 0.2) is 22.8 Å². The van der Waals surface area contributed by atoms with Gasteiger partial charge in [0.1, 0.15) is 36.3 Å². The molecule has 1 fully saturated rings. The lowest BCUT2D eigenvalue weighted by Crippen LogP contribution is -2.46. The molecule has 2 amide bonds. The zero-order valence-electron chi connectivity index (χ0n) is 30.6. The van der Waals surface area contributed by atoms with Gasteiger partial charge >= 0.3 is 23.5 Å². The fraction of sp³-hybridized carbons (Fsp3) is 0.643. The molecular formula is C28H46N7O17P3S. The number of phosphoric acid groups is 3. The van der Waals surface area contributed by atoms with Crippen molar-refractivity contribution >= 4 is 69.1 Å². The van der Waals surface area contributed by atoms with E-state index >= 15 is 0 Å². The number of nitrogens with one attached hydrogen (secondary N) is 2. The van der Waals surface area contributed by atoms with Crippen LogP contribution in [-0.2, 0) is 50.7 Å². The molecule has 10 N–H and O–H groups in total. The van der Waals surface area contributed by atoms with Gasteiger partial charge in [-0.15, -0.1) is 0 Å². The maximum absolute atomic E-state index is 12.7. The van der Waals surface area contributed by atoms with E-state index in [1.165, 1.54) is 13.8 Å². The first-order chi connectivity index (χ1) is 25.8. The van der Waals surface area contributed by atoms with Gasteiger partial charge < -0.3 is 50.9 Å². The number of anilines is 1. The normalized spacial score (nSPS) is 21.7. The molecule has 2 aromatic heterocycles. The Bertz CT molecular complexity index is 1880. The summed E-state index contributed by atoms with van der Waals surface area (Å²) in [5, 5.41) is 26.3. The van der Waals surface area contributed by atoms with Gasteiger partial charge in [-0.25, -0.2) is 28.6 Å². The Kier molecular flexibility index (Phi) is 16.9. The van der Waals surface area contributed by atoms with Crippen molar-refractivity contribution in [3.05, 3.63) is 24.8 Å². The molecule has 1 aliphatic heterocycles. The molecule has 2 aromatic rings. The molecule has 3 heterocycles. The lowest BCUT2D eigenvalue weighted by Gasteiger charge is -2.30. The minimum absolute atomic E-state index is 0.0296. The first kappa shape index (κ1) is 47.7. The number of nitrogens with two attached hydrogens (primary N) is 1. The molecule has 7 unspecified atom stereocenters. The van der Waals surface area contributed by atoms with E-state index in [2.05, 4.69) is 41.0 Å². The molecule has 1 saturated heterocycles. The average molecular weight is 878 g/mol. The Labute approximate surface area is 324 Å². The van der Waals surface area contributed by atoms with E-state index in [-0.39, 0.29) is 53.9 Å². The molecule has 28 heteroatoms. The number of amides is 2. The highest BCUT2D eigenvalue weighted by molar-refractivity contribution is 8.13. The fourth-order valence-corrected chi connectivity index (χ4v) is 8.28. The van der Waals surface area contributed by atoms with E-state index in [0.717, 1.165) is 34.6 Å². The highest BCUT2D eigenvalue weighted by Gasteiger charge is 2.50. The van der Waals surface area contributed by atoms with Crippen LogP contribution in [0.3, 0.4) is 0 Å². The number of aliphatic hydroxyl groups is 2. The van der Waals surface area contributed by atoms with Crippen LogP contribution in [0.1, 0.15) is 46.8 Å². The number of hydrogen-bond acceptors (Lipinski definition) is 18. The number of nitrogen functional groups attached to an aromatic ring is 1. The van der Waals surface area contributed by atoms with Crippen LogP contribution in [0.5, 0.6) is 0 Å². The van der Waals surface area contributed by atoms with Crippen LogP contribution in [0, 0.1) is 11.3 Å². The van der Waals surface area contributed by atoms with Crippen LogP contribution in [0.4, 0.5) is 5.82 Å². The lowest BCUT2D eigenvalue weighted by molar-refractivity contribution is -0.137. The number of fused-ring (bicyclic) bond motifs is 1. The molecule has 7 atom stereocenters. The summed E-state index contributed by atoms with van der Waals surface area (Å²) in [6.07, 6.45) is -6.69. The summed E-state index contributed by atoms with van der Waals surface area (Å²) < 4.78 is 62.1. The summed E-state index contributed by atoms with van der Waals surface area (Å²) in [5.74, 6) is -0.958. The smallest absolute Gasteiger partial charge is 0.386 e. The number of aliphatic hydroxyl groups excluding tert-OH is 2. The number of carbonyl (C=O) groups excluding carboxylic acids is 3. The van der Waals surface area contributed by atoms with Crippen LogP contribution in [0.15, 0.2) is 24.8 Å². The first-order valence-electron chi connectivity index (χ1n) is 16.5. The number of nitrogens with zero attached hydrogens (tertiary/aromatic N) is 4. The second-order valence-corrected chi connectivity index (χ2v) is 18.7. The fourth-order valence-electron chi connectivity index (χ4n) is 4.74. The van der Waals surface area contributed by atoms with E-state index in [1.807, 2.05) is 13.8 Å². The van der Waals surface area contributed by atoms with Gasteiger partial charge in [0.25, 0.3) is 0 Å². The van der Waals surface area contributed by atoms with Gasteiger partial charge in [-0.3, -0.25) is 32.5 Å². The summed E-state index contributed by atoms with van der Waals surface area (Å²) in [6, 6.07) is 0. The van der Waals surface area contributed by atoms with Crippen molar-refractivity contribution in [3.63, 3.8) is 0 Å². The molecule has 0 spiro atoms. The monoisotopic (exact) mass is 877 g/mol. The molecule has 0 saturated carbocycles. The third-order valence-corrected chi connectivity index (χ3v) is 11.9.